The molecule has 0 spiro atoms. The fourth-order valence-electron chi connectivity index (χ4n) is 1.91. The monoisotopic (exact) mass is 269 g/mol. The van der Waals surface area contributed by atoms with Gasteiger partial charge in [-0.25, -0.2) is 0 Å². The van der Waals surface area contributed by atoms with Crippen molar-refractivity contribution in [2.45, 2.75) is 18.6 Å². The fraction of sp³-hybridized carbons (Fsp3) is 0.538. The Hall–Kier alpha value is -0.910. The number of hydrogen-bond donors (Lipinski definition) is 2. The number of aliphatic hydroxyl groups excluding tert-OH is 1. The van der Waals surface area contributed by atoms with Crippen LogP contribution in [0.3, 0.4) is 0 Å². The van der Waals surface area contributed by atoms with Crippen LogP contribution in [0, 0.1) is 0 Å². The van der Waals surface area contributed by atoms with Gasteiger partial charge in [0, 0.05) is 12.3 Å². The number of rotatable bonds is 5. The Morgan fingerprint density at radius 3 is 2.94 bits per heavy atom. The second-order valence-corrected chi connectivity index (χ2v) is 5.42. The van der Waals surface area contributed by atoms with Gasteiger partial charge >= 0.3 is 0 Å². The van der Waals surface area contributed by atoms with E-state index < -0.39 is 6.10 Å². The number of ether oxygens (including phenoxy) is 2. The number of thioether (sulfide) groups is 1. The Kier molecular flexibility index (Phi) is 4.74. The summed E-state index contributed by atoms with van der Waals surface area (Å²) >= 11 is 1.90. The summed E-state index contributed by atoms with van der Waals surface area (Å²) in [6.45, 7) is 0.197. The number of aliphatic hydroxyl groups is 1. The van der Waals surface area contributed by atoms with E-state index in [0.29, 0.717) is 5.75 Å². The van der Waals surface area contributed by atoms with Gasteiger partial charge in [0.15, 0.2) is 11.5 Å². The molecule has 0 bridgehead atoms. The van der Waals surface area contributed by atoms with Crippen LogP contribution < -0.4 is 15.2 Å². The molecule has 1 aromatic rings. The molecule has 2 rings (SSSR count). The molecule has 0 aromatic heterocycles. The number of benzene rings is 1. The van der Waals surface area contributed by atoms with Crippen LogP contribution in [0.5, 0.6) is 11.5 Å². The molecule has 0 saturated carbocycles. The highest BCUT2D eigenvalue weighted by Crippen LogP contribution is 2.33. The zero-order chi connectivity index (χ0) is 13.0. The van der Waals surface area contributed by atoms with Crippen LogP contribution in [0.25, 0.3) is 0 Å². The summed E-state index contributed by atoms with van der Waals surface area (Å²) in [7, 11) is 1.60. The van der Waals surface area contributed by atoms with Crippen LogP contribution in [0.4, 0.5) is 0 Å². The normalized spacial score (nSPS) is 20.7. The standard InChI is InChI=1S/C13H19NO3S/c1-16-13-6-9(11(15)7-14)2-3-12(13)17-10-4-5-18-8-10/h2-3,6,10-11,15H,4-5,7-8,14H2,1H3. The smallest absolute Gasteiger partial charge is 0.161 e. The lowest BCUT2D eigenvalue weighted by molar-refractivity contribution is 0.185. The topological polar surface area (TPSA) is 64.7 Å². The van der Waals surface area contributed by atoms with E-state index in [0.717, 1.165) is 29.2 Å². The van der Waals surface area contributed by atoms with E-state index >= 15 is 0 Å². The van der Waals surface area contributed by atoms with E-state index in [1.807, 2.05) is 23.9 Å². The molecule has 2 atom stereocenters. The van der Waals surface area contributed by atoms with E-state index in [4.69, 9.17) is 15.2 Å². The summed E-state index contributed by atoms with van der Waals surface area (Å²) in [6, 6.07) is 5.46. The predicted molar refractivity (Wildman–Crippen MR) is 73.4 cm³/mol. The highest BCUT2D eigenvalue weighted by molar-refractivity contribution is 7.99. The first kappa shape index (κ1) is 13.5. The van der Waals surface area contributed by atoms with Crippen molar-refractivity contribution in [1.29, 1.82) is 0 Å². The van der Waals surface area contributed by atoms with Crippen molar-refractivity contribution in [2.75, 3.05) is 25.2 Å². The summed E-state index contributed by atoms with van der Waals surface area (Å²) < 4.78 is 11.2. The lowest BCUT2D eigenvalue weighted by atomic mass is 10.1. The van der Waals surface area contributed by atoms with E-state index in [1.54, 1.807) is 13.2 Å². The number of methoxy groups -OCH3 is 1. The van der Waals surface area contributed by atoms with Crippen molar-refractivity contribution in [3.63, 3.8) is 0 Å². The van der Waals surface area contributed by atoms with Crippen molar-refractivity contribution in [2.24, 2.45) is 5.73 Å². The average molecular weight is 269 g/mol. The first-order valence-electron chi connectivity index (χ1n) is 6.05. The maximum atomic E-state index is 9.70. The molecule has 1 saturated heterocycles. The lowest BCUT2D eigenvalue weighted by Gasteiger charge is -2.17. The minimum absolute atomic E-state index is 0.197. The van der Waals surface area contributed by atoms with Crippen LogP contribution in [-0.4, -0.2) is 36.4 Å². The molecule has 1 aliphatic heterocycles. The third-order valence-electron chi connectivity index (χ3n) is 2.98. The Morgan fingerprint density at radius 1 is 1.50 bits per heavy atom. The fourth-order valence-corrected chi connectivity index (χ4v) is 3.00. The first-order valence-corrected chi connectivity index (χ1v) is 7.20. The van der Waals surface area contributed by atoms with Crippen molar-refractivity contribution in [1.82, 2.24) is 0 Å². The molecule has 4 nitrogen and oxygen atoms in total. The molecule has 3 N–H and O–H groups in total. The molecule has 0 amide bonds. The maximum absolute atomic E-state index is 9.70. The molecule has 18 heavy (non-hydrogen) atoms. The van der Waals surface area contributed by atoms with E-state index in [2.05, 4.69) is 0 Å². The highest BCUT2D eigenvalue weighted by Gasteiger charge is 2.19. The van der Waals surface area contributed by atoms with Crippen LogP contribution in [0.15, 0.2) is 18.2 Å². The molecule has 0 aliphatic carbocycles. The number of nitrogens with two attached hydrogens (primary N) is 1. The summed E-state index contributed by atoms with van der Waals surface area (Å²) in [5, 5.41) is 9.70. The third kappa shape index (κ3) is 3.10. The van der Waals surface area contributed by atoms with Gasteiger partial charge in [0.2, 0.25) is 0 Å². The van der Waals surface area contributed by atoms with Crippen LogP contribution in [-0.2, 0) is 0 Å². The molecule has 0 radical (unpaired) electrons. The molecule has 100 valence electrons. The maximum Gasteiger partial charge on any atom is 0.161 e. The van der Waals surface area contributed by atoms with Crippen molar-refractivity contribution < 1.29 is 14.6 Å². The summed E-state index contributed by atoms with van der Waals surface area (Å²) in [5.74, 6) is 3.56. The Morgan fingerprint density at radius 2 is 2.33 bits per heavy atom. The van der Waals surface area contributed by atoms with Gasteiger partial charge in [0.1, 0.15) is 6.10 Å². The minimum Gasteiger partial charge on any atom is -0.493 e. The highest BCUT2D eigenvalue weighted by atomic mass is 32.2. The van der Waals surface area contributed by atoms with E-state index in [9.17, 15) is 5.11 Å². The second-order valence-electron chi connectivity index (χ2n) is 4.27. The van der Waals surface area contributed by atoms with Gasteiger partial charge in [-0.3, -0.25) is 0 Å². The molecule has 1 fully saturated rings. The van der Waals surface area contributed by atoms with Gasteiger partial charge in [-0.15, -0.1) is 0 Å². The van der Waals surface area contributed by atoms with Gasteiger partial charge in [-0.05, 0) is 29.9 Å². The SMILES string of the molecule is COc1cc(C(O)CN)ccc1OC1CCSC1. The van der Waals surface area contributed by atoms with E-state index in [-0.39, 0.29) is 12.6 Å². The molecular weight excluding hydrogens is 250 g/mol. The molecular formula is C13H19NO3S. The summed E-state index contributed by atoms with van der Waals surface area (Å²) in [5.41, 5.74) is 6.19. The summed E-state index contributed by atoms with van der Waals surface area (Å²) in [4.78, 5) is 0. The lowest BCUT2D eigenvalue weighted by Crippen LogP contribution is -2.16. The van der Waals surface area contributed by atoms with Gasteiger partial charge in [-0.1, -0.05) is 6.07 Å². The molecule has 5 heteroatoms. The quantitative estimate of drug-likeness (QED) is 0.849. The van der Waals surface area contributed by atoms with Gasteiger partial charge in [-0.2, -0.15) is 11.8 Å². The molecule has 1 heterocycles. The van der Waals surface area contributed by atoms with Crippen molar-refractivity contribution >= 4 is 11.8 Å². The average Bonchev–Trinajstić information content (AvgIpc) is 2.91. The second kappa shape index (κ2) is 6.31. The first-order chi connectivity index (χ1) is 8.74. The van der Waals surface area contributed by atoms with E-state index in [1.165, 1.54) is 0 Å². The number of hydrogen-bond acceptors (Lipinski definition) is 5. The van der Waals surface area contributed by atoms with Crippen molar-refractivity contribution in [3.8, 4) is 11.5 Å². The Labute approximate surface area is 111 Å². The van der Waals surface area contributed by atoms with Gasteiger partial charge < -0.3 is 20.3 Å². The molecule has 1 aromatic carbocycles. The largest absolute Gasteiger partial charge is 0.493 e. The van der Waals surface area contributed by atoms with Gasteiger partial charge in [0.25, 0.3) is 0 Å². The third-order valence-corrected chi connectivity index (χ3v) is 4.11. The molecule has 2 unspecified atom stereocenters. The molecule has 1 aliphatic rings. The Bertz CT molecular complexity index is 394. The Balaban J connectivity index is 2.14. The van der Waals surface area contributed by atoms with Crippen molar-refractivity contribution in [3.05, 3.63) is 23.8 Å². The van der Waals surface area contributed by atoms with Crippen LogP contribution >= 0.6 is 11.8 Å². The van der Waals surface area contributed by atoms with Crippen LogP contribution in [0.2, 0.25) is 0 Å². The predicted octanol–water partition coefficient (Wildman–Crippen LogP) is 1.57. The zero-order valence-corrected chi connectivity index (χ0v) is 11.3. The van der Waals surface area contributed by atoms with Gasteiger partial charge in [0.05, 0.1) is 13.2 Å². The minimum atomic E-state index is -0.657. The zero-order valence-electron chi connectivity index (χ0n) is 10.5. The van der Waals surface area contributed by atoms with Crippen LogP contribution in [0.1, 0.15) is 18.1 Å². The summed E-state index contributed by atoms with van der Waals surface area (Å²) in [6.07, 6.45) is 0.672.